The molecule has 2 aromatic rings. The third kappa shape index (κ3) is 3.37. The Bertz CT molecular complexity index is 883. The maximum atomic E-state index is 12.7. The van der Waals surface area contributed by atoms with E-state index in [-0.39, 0.29) is 11.3 Å². The predicted molar refractivity (Wildman–Crippen MR) is 88.0 cm³/mol. The molecule has 0 aliphatic rings. The van der Waals surface area contributed by atoms with Crippen molar-refractivity contribution in [3.8, 4) is 0 Å². The number of hydrogen-bond acceptors (Lipinski definition) is 4. The molecule has 0 aliphatic heterocycles. The Morgan fingerprint density at radius 1 is 1.29 bits per heavy atom. The van der Waals surface area contributed by atoms with Gasteiger partial charge in [0.2, 0.25) is 5.91 Å². The summed E-state index contributed by atoms with van der Waals surface area (Å²) in [6.45, 7) is 2.97. The molecule has 0 radical (unpaired) electrons. The van der Waals surface area contributed by atoms with Crippen LogP contribution in [0.2, 0.25) is 0 Å². The van der Waals surface area contributed by atoms with E-state index in [1.807, 2.05) is 6.92 Å². The number of nitrogens with zero attached hydrogens (tertiary/aromatic N) is 1. The van der Waals surface area contributed by atoms with Gasteiger partial charge in [0.15, 0.2) is 0 Å². The molecular weight excluding hydrogens is 314 g/mol. The Morgan fingerprint density at radius 2 is 1.96 bits per heavy atom. The quantitative estimate of drug-likeness (QED) is 0.710. The Kier molecular flexibility index (Phi) is 5.18. The number of hydrogen-bond donors (Lipinski definition) is 3. The summed E-state index contributed by atoms with van der Waals surface area (Å²) in [6, 6.07) is 5.43. The number of carbonyl (C=O) groups excluding carboxylic acids is 1. The smallest absolute Gasteiger partial charge is 0.329 e. The van der Waals surface area contributed by atoms with Crippen molar-refractivity contribution in [1.29, 1.82) is 0 Å². The zero-order chi connectivity index (χ0) is 17.9. The average molecular weight is 333 g/mol. The number of nitrogens with one attached hydrogen (secondary N) is 2. The highest BCUT2D eigenvalue weighted by Gasteiger charge is 2.29. The van der Waals surface area contributed by atoms with E-state index in [1.165, 1.54) is 0 Å². The van der Waals surface area contributed by atoms with Crippen molar-refractivity contribution >= 4 is 22.8 Å². The number of fused-ring (bicyclic) bond motifs is 1. The molecule has 2 atom stereocenters. The van der Waals surface area contributed by atoms with Gasteiger partial charge in [0.25, 0.3) is 5.56 Å². The van der Waals surface area contributed by atoms with Crippen LogP contribution in [0.15, 0.2) is 33.9 Å². The standard InChI is InChI=1S/C16H19N3O5/c1-3-9(2)13(14(22)17-8-12(20)21)19-15(23)10-6-4-5-7-11(10)18-16(19)24/h4-7,9,13H,3,8H2,1-2H3,(H,17,22)(H,18,24)(H,20,21)/t9-,13-/m0/s1. The van der Waals surface area contributed by atoms with Crippen molar-refractivity contribution in [2.75, 3.05) is 6.54 Å². The monoisotopic (exact) mass is 333 g/mol. The summed E-state index contributed by atoms with van der Waals surface area (Å²) in [4.78, 5) is 50.7. The Balaban J connectivity index is 2.60. The summed E-state index contributed by atoms with van der Waals surface area (Å²) >= 11 is 0. The molecule has 8 nitrogen and oxygen atoms in total. The van der Waals surface area contributed by atoms with E-state index in [2.05, 4.69) is 10.3 Å². The lowest BCUT2D eigenvalue weighted by atomic mass is 9.98. The summed E-state index contributed by atoms with van der Waals surface area (Å²) in [6.07, 6.45) is 0.532. The number of carbonyl (C=O) groups is 2. The van der Waals surface area contributed by atoms with Gasteiger partial charge in [-0.3, -0.25) is 14.4 Å². The van der Waals surface area contributed by atoms with Crippen LogP contribution in [0.1, 0.15) is 26.3 Å². The number of aromatic nitrogens is 2. The van der Waals surface area contributed by atoms with E-state index >= 15 is 0 Å². The van der Waals surface area contributed by atoms with Gasteiger partial charge in [-0.05, 0) is 18.1 Å². The summed E-state index contributed by atoms with van der Waals surface area (Å²) in [5, 5.41) is 11.2. The molecule has 1 heterocycles. The maximum Gasteiger partial charge on any atom is 0.329 e. The molecule has 0 fully saturated rings. The van der Waals surface area contributed by atoms with Crippen LogP contribution < -0.4 is 16.6 Å². The summed E-state index contributed by atoms with van der Waals surface area (Å²) in [7, 11) is 0. The van der Waals surface area contributed by atoms with Crippen molar-refractivity contribution in [3.05, 3.63) is 45.1 Å². The highest BCUT2D eigenvalue weighted by Crippen LogP contribution is 2.19. The highest BCUT2D eigenvalue weighted by molar-refractivity contribution is 5.85. The average Bonchev–Trinajstić information content (AvgIpc) is 2.55. The van der Waals surface area contributed by atoms with Crippen molar-refractivity contribution in [2.45, 2.75) is 26.3 Å². The molecule has 8 heteroatoms. The van der Waals surface area contributed by atoms with Gasteiger partial charge in [0, 0.05) is 0 Å². The minimum atomic E-state index is -1.20. The Hall–Kier alpha value is -2.90. The second-order valence-electron chi connectivity index (χ2n) is 5.59. The largest absolute Gasteiger partial charge is 0.480 e. The van der Waals surface area contributed by atoms with Crippen LogP contribution in [-0.2, 0) is 9.59 Å². The summed E-state index contributed by atoms with van der Waals surface area (Å²) < 4.78 is 0.869. The molecule has 128 valence electrons. The normalized spacial score (nSPS) is 13.4. The molecule has 0 aliphatic carbocycles. The third-order valence-electron chi connectivity index (χ3n) is 3.98. The van der Waals surface area contributed by atoms with Crippen LogP contribution in [0.3, 0.4) is 0 Å². The number of para-hydroxylation sites is 1. The van der Waals surface area contributed by atoms with Gasteiger partial charge in [-0.25, -0.2) is 9.36 Å². The van der Waals surface area contributed by atoms with Gasteiger partial charge in [-0.1, -0.05) is 32.4 Å². The Morgan fingerprint density at radius 3 is 2.58 bits per heavy atom. The lowest BCUT2D eigenvalue weighted by molar-refractivity contribution is -0.138. The maximum absolute atomic E-state index is 12.7. The number of aliphatic carboxylic acids is 1. The van der Waals surface area contributed by atoms with E-state index in [1.54, 1.807) is 31.2 Å². The zero-order valence-corrected chi connectivity index (χ0v) is 13.4. The lowest BCUT2D eigenvalue weighted by Crippen LogP contribution is -2.47. The Labute approximate surface area is 137 Å². The minimum Gasteiger partial charge on any atom is -0.480 e. The molecule has 24 heavy (non-hydrogen) atoms. The minimum absolute atomic E-state index is 0.288. The molecular formula is C16H19N3O5. The number of benzene rings is 1. The second-order valence-corrected chi connectivity index (χ2v) is 5.59. The van der Waals surface area contributed by atoms with E-state index in [9.17, 15) is 19.2 Å². The predicted octanol–water partition coefficient (Wildman–Crippen LogP) is 0.478. The van der Waals surface area contributed by atoms with Crippen LogP contribution in [0, 0.1) is 5.92 Å². The van der Waals surface area contributed by atoms with E-state index < -0.39 is 35.7 Å². The number of carboxylic acid groups (broad SMARTS) is 1. The van der Waals surface area contributed by atoms with Crippen molar-refractivity contribution < 1.29 is 14.7 Å². The number of amides is 1. The van der Waals surface area contributed by atoms with Crippen LogP contribution in [0.25, 0.3) is 10.9 Å². The first-order valence-corrected chi connectivity index (χ1v) is 7.59. The van der Waals surface area contributed by atoms with Gasteiger partial charge < -0.3 is 15.4 Å². The fourth-order valence-corrected chi connectivity index (χ4v) is 2.55. The fourth-order valence-electron chi connectivity index (χ4n) is 2.55. The van der Waals surface area contributed by atoms with Crippen molar-refractivity contribution in [1.82, 2.24) is 14.9 Å². The molecule has 1 amide bonds. The molecule has 0 bridgehead atoms. The van der Waals surface area contributed by atoms with E-state index in [4.69, 9.17) is 5.11 Å². The number of H-pyrrole nitrogens is 1. The van der Waals surface area contributed by atoms with Crippen LogP contribution in [0.4, 0.5) is 0 Å². The zero-order valence-electron chi connectivity index (χ0n) is 13.4. The SMILES string of the molecule is CC[C@H](C)[C@@H](C(=O)NCC(=O)O)n1c(=O)[nH]c2ccccc2c1=O. The van der Waals surface area contributed by atoms with Crippen molar-refractivity contribution in [2.24, 2.45) is 5.92 Å². The fraction of sp³-hybridized carbons (Fsp3) is 0.375. The molecule has 3 N–H and O–H groups in total. The molecule has 0 saturated carbocycles. The number of aromatic amines is 1. The third-order valence-corrected chi connectivity index (χ3v) is 3.98. The first-order chi connectivity index (χ1) is 11.4. The topological polar surface area (TPSA) is 121 Å². The van der Waals surface area contributed by atoms with Gasteiger partial charge >= 0.3 is 11.7 Å². The summed E-state index contributed by atoms with van der Waals surface area (Å²) in [5.74, 6) is -2.21. The van der Waals surface area contributed by atoms with Crippen LogP contribution in [-0.4, -0.2) is 33.1 Å². The van der Waals surface area contributed by atoms with Gasteiger partial charge in [0.05, 0.1) is 10.9 Å². The lowest BCUT2D eigenvalue weighted by Gasteiger charge is -2.23. The van der Waals surface area contributed by atoms with Crippen LogP contribution in [0.5, 0.6) is 0 Å². The molecule has 0 saturated heterocycles. The highest BCUT2D eigenvalue weighted by atomic mass is 16.4. The molecule has 0 unspecified atom stereocenters. The molecule has 0 spiro atoms. The van der Waals surface area contributed by atoms with Crippen LogP contribution >= 0.6 is 0 Å². The van der Waals surface area contributed by atoms with Gasteiger partial charge in [0.1, 0.15) is 12.6 Å². The second kappa shape index (κ2) is 7.12. The molecule has 1 aromatic carbocycles. The summed E-state index contributed by atoms with van der Waals surface area (Å²) in [5.41, 5.74) is -0.891. The van der Waals surface area contributed by atoms with E-state index in [0.29, 0.717) is 11.9 Å². The number of carboxylic acids is 1. The first-order valence-electron chi connectivity index (χ1n) is 7.59. The van der Waals surface area contributed by atoms with E-state index in [0.717, 1.165) is 4.57 Å². The first kappa shape index (κ1) is 17.5. The molecule has 2 rings (SSSR count). The van der Waals surface area contributed by atoms with Crippen molar-refractivity contribution in [3.63, 3.8) is 0 Å². The van der Waals surface area contributed by atoms with Gasteiger partial charge in [-0.15, -0.1) is 0 Å². The van der Waals surface area contributed by atoms with Gasteiger partial charge in [-0.2, -0.15) is 0 Å². The number of rotatable bonds is 6. The molecule has 1 aromatic heterocycles.